The van der Waals surface area contributed by atoms with Crippen molar-refractivity contribution < 1.29 is 9.31 Å². The lowest BCUT2D eigenvalue weighted by atomic mass is 9.35. The Morgan fingerprint density at radius 1 is 0.438 bits per heavy atom. The zero-order chi connectivity index (χ0) is 33.5. The molecule has 0 amide bonds. The van der Waals surface area contributed by atoms with Crippen LogP contribution in [0.15, 0.2) is 146 Å². The lowest BCUT2D eigenvalue weighted by molar-refractivity contribution is 0.00578. The normalized spacial score (nSPS) is 15.0. The first-order valence-corrected chi connectivity index (χ1v) is 17.0. The molecule has 0 atom stereocenters. The van der Waals surface area contributed by atoms with E-state index in [-0.39, 0.29) is 25.0 Å². The molecule has 1 aliphatic heterocycles. The second-order valence-corrected chi connectivity index (χ2v) is 14.1. The first-order valence-electron chi connectivity index (χ1n) is 17.0. The van der Waals surface area contributed by atoms with Crippen molar-refractivity contribution in [3.8, 4) is 33.4 Å². The summed E-state index contributed by atoms with van der Waals surface area (Å²) in [5, 5.41) is 0. The quantitative estimate of drug-likeness (QED) is 0.167. The highest BCUT2D eigenvalue weighted by molar-refractivity contribution is 6.96. The first-order chi connectivity index (χ1) is 23.1. The molecule has 2 nitrogen and oxygen atoms in total. The zero-order valence-electron chi connectivity index (χ0n) is 28.8. The topological polar surface area (TPSA) is 18.5 Å². The molecule has 4 heteroatoms. The summed E-state index contributed by atoms with van der Waals surface area (Å²) < 4.78 is 12.6. The van der Waals surface area contributed by atoms with Crippen molar-refractivity contribution in [3.05, 3.63) is 157 Å². The van der Waals surface area contributed by atoms with Crippen molar-refractivity contribution >= 4 is 35.7 Å². The third-order valence-corrected chi connectivity index (χ3v) is 10.4. The summed E-state index contributed by atoms with van der Waals surface area (Å²) in [4.78, 5) is 0. The fourth-order valence-electron chi connectivity index (χ4n) is 6.93. The Labute approximate surface area is 287 Å². The molecule has 1 heterocycles. The van der Waals surface area contributed by atoms with E-state index in [2.05, 4.69) is 187 Å². The Balaban J connectivity index is 1.24. The van der Waals surface area contributed by atoms with E-state index in [0.29, 0.717) is 0 Å². The summed E-state index contributed by atoms with van der Waals surface area (Å²) in [6.07, 6.45) is 0. The predicted octanol–water partition coefficient (Wildman–Crippen LogP) is 8.12. The number of rotatable bonds is 7. The van der Waals surface area contributed by atoms with Crippen LogP contribution in [-0.4, -0.2) is 25.0 Å². The highest BCUT2D eigenvalue weighted by Gasteiger charge is 2.51. The maximum Gasteiger partial charge on any atom is 0.494 e. The lowest BCUT2D eigenvalue weighted by Crippen LogP contribution is -2.53. The van der Waals surface area contributed by atoms with Gasteiger partial charge in [-0.3, -0.25) is 0 Å². The molecule has 0 N–H and O–H groups in total. The fourth-order valence-corrected chi connectivity index (χ4v) is 6.93. The van der Waals surface area contributed by atoms with Gasteiger partial charge in [0, 0.05) is 0 Å². The Kier molecular flexibility index (Phi) is 8.50. The second kappa shape index (κ2) is 12.8. The monoisotopic (exact) mass is 624 g/mol. The minimum absolute atomic E-state index is 0.0967. The van der Waals surface area contributed by atoms with Crippen molar-refractivity contribution in [2.75, 3.05) is 0 Å². The molecule has 1 aliphatic rings. The Hall–Kier alpha value is -4.63. The van der Waals surface area contributed by atoms with Gasteiger partial charge in [-0.2, -0.15) is 0 Å². The maximum atomic E-state index is 6.30. The zero-order valence-corrected chi connectivity index (χ0v) is 28.8. The van der Waals surface area contributed by atoms with Crippen LogP contribution in [0.25, 0.3) is 33.4 Å². The average Bonchev–Trinajstić information content (AvgIpc) is 3.33. The predicted molar refractivity (Wildman–Crippen MR) is 205 cm³/mol. The van der Waals surface area contributed by atoms with Gasteiger partial charge in [0.1, 0.15) is 0 Å². The number of hydrogen-bond acceptors (Lipinski definition) is 2. The highest BCUT2D eigenvalue weighted by Crippen LogP contribution is 2.36. The summed E-state index contributed by atoms with van der Waals surface area (Å²) in [7, 11) is -0.364. The van der Waals surface area contributed by atoms with Gasteiger partial charge in [0.25, 0.3) is 0 Å². The van der Waals surface area contributed by atoms with Crippen LogP contribution in [0, 0.1) is 13.8 Å². The molecular weight excluding hydrogens is 582 g/mol. The van der Waals surface area contributed by atoms with Crippen LogP contribution in [0.4, 0.5) is 0 Å². The Morgan fingerprint density at radius 3 is 1.21 bits per heavy atom. The first kappa shape index (κ1) is 31.9. The largest absolute Gasteiger partial charge is 0.494 e. The van der Waals surface area contributed by atoms with Crippen molar-refractivity contribution in [1.82, 2.24) is 0 Å². The van der Waals surface area contributed by atoms with E-state index < -0.39 is 0 Å². The fraction of sp³-hybridized carbons (Fsp3) is 0.182. The van der Waals surface area contributed by atoms with Gasteiger partial charge in [-0.1, -0.05) is 173 Å². The summed E-state index contributed by atoms with van der Waals surface area (Å²) in [5.41, 5.74) is 14.1. The number of hydrogen-bond donors (Lipinski definition) is 0. The second-order valence-electron chi connectivity index (χ2n) is 14.1. The molecule has 0 bridgehead atoms. The van der Waals surface area contributed by atoms with Crippen LogP contribution in [0.5, 0.6) is 0 Å². The molecule has 6 aromatic carbocycles. The summed E-state index contributed by atoms with van der Waals surface area (Å²) >= 11 is 0. The van der Waals surface area contributed by atoms with E-state index in [1.54, 1.807) is 0 Å². The summed E-state index contributed by atoms with van der Waals surface area (Å²) in [6, 6.07) is 52.8. The summed E-state index contributed by atoms with van der Waals surface area (Å²) in [6.45, 7) is 13.0. The van der Waals surface area contributed by atoms with Crippen molar-refractivity contribution in [2.24, 2.45) is 0 Å². The van der Waals surface area contributed by atoms with Crippen LogP contribution < -0.4 is 21.9 Å². The number of benzene rings is 6. The summed E-state index contributed by atoms with van der Waals surface area (Å²) in [5.74, 6) is 0. The van der Waals surface area contributed by atoms with E-state index in [1.807, 2.05) is 0 Å². The van der Waals surface area contributed by atoms with Gasteiger partial charge in [0.15, 0.2) is 0 Å². The Bertz CT molecular complexity index is 1890. The average molecular weight is 624 g/mol. The van der Waals surface area contributed by atoms with Gasteiger partial charge in [-0.15, -0.1) is 0 Å². The van der Waals surface area contributed by atoms with Crippen LogP contribution in [0.3, 0.4) is 0 Å². The maximum absolute atomic E-state index is 6.30. The van der Waals surface area contributed by atoms with Crippen LogP contribution >= 0.6 is 0 Å². The molecule has 48 heavy (non-hydrogen) atoms. The van der Waals surface area contributed by atoms with E-state index in [9.17, 15) is 0 Å². The van der Waals surface area contributed by atoms with Crippen molar-refractivity contribution in [1.29, 1.82) is 0 Å². The van der Waals surface area contributed by atoms with Gasteiger partial charge in [-0.05, 0) is 80.4 Å². The highest BCUT2D eigenvalue weighted by atomic mass is 16.7. The molecule has 0 aromatic heterocycles. The smallest absolute Gasteiger partial charge is 0.399 e. The minimum atomic E-state index is -0.364. The molecule has 1 fully saturated rings. The molecule has 0 spiro atoms. The van der Waals surface area contributed by atoms with Gasteiger partial charge >= 0.3 is 7.12 Å². The van der Waals surface area contributed by atoms with E-state index in [1.165, 1.54) is 60.9 Å². The molecule has 7 rings (SSSR count). The van der Waals surface area contributed by atoms with Gasteiger partial charge < -0.3 is 9.31 Å². The van der Waals surface area contributed by atoms with Crippen LogP contribution in [-0.2, 0) is 9.31 Å². The van der Waals surface area contributed by atoms with Gasteiger partial charge in [0.2, 0.25) is 6.71 Å². The van der Waals surface area contributed by atoms with Crippen LogP contribution in [0.2, 0.25) is 0 Å². The third-order valence-electron chi connectivity index (χ3n) is 10.4. The molecule has 0 unspecified atom stereocenters. The van der Waals surface area contributed by atoms with Gasteiger partial charge in [-0.25, -0.2) is 0 Å². The molecule has 1 saturated heterocycles. The number of aryl methyl sites for hydroxylation is 2. The van der Waals surface area contributed by atoms with E-state index in [0.717, 1.165) is 5.46 Å². The van der Waals surface area contributed by atoms with Crippen molar-refractivity contribution in [2.45, 2.75) is 52.7 Å². The minimum Gasteiger partial charge on any atom is -0.399 e. The van der Waals surface area contributed by atoms with Crippen LogP contribution in [0.1, 0.15) is 38.8 Å². The molecule has 6 aromatic rings. The van der Waals surface area contributed by atoms with E-state index >= 15 is 0 Å². The molecular formula is C44H42B2O2. The SMILES string of the molecule is Cc1cc(-c2ccc(B3OC(C)(C)C(C)(C)O3)cc2)cc(C)c1B(c1ccc(-c2ccccc2)cc1)c1ccc(-c2ccccc2)cc1. The Morgan fingerprint density at radius 2 is 0.792 bits per heavy atom. The third kappa shape index (κ3) is 6.19. The standard InChI is InChI=1S/C44H42B2O2/c1-31-29-38(37-21-27-41(28-22-37)46-47-43(3,4)44(5,6)48-46)30-32(2)42(31)45(39-23-17-35(18-24-39)33-13-9-7-10-14-33)40-25-19-36(20-26-40)34-15-11-8-12-16-34/h7-30H,1-6H3. The molecule has 0 radical (unpaired) electrons. The molecule has 236 valence electrons. The van der Waals surface area contributed by atoms with Crippen molar-refractivity contribution in [3.63, 3.8) is 0 Å². The van der Waals surface area contributed by atoms with E-state index in [4.69, 9.17) is 9.31 Å². The lowest BCUT2D eigenvalue weighted by Gasteiger charge is -2.32. The molecule has 0 aliphatic carbocycles. The molecule has 0 saturated carbocycles. The van der Waals surface area contributed by atoms with Gasteiger partial charge in [0.05, 0.1) is 11.2 Å².